The first-order valence-electron chi connectivity index (χ1n) is 5.06. The average Bonchev–Trinajstić information content (AvgIpc) is 2.18. The lowest BCUT2D eigenvalue weighted by Crippen LogP contribution is -2.45. The molecule has 78 valence electrons. The van der Waals surface area contributed by atoms with Crippen LogP contribution < -0.4 is 0 Å². The van der Waals surface area contributed by atoms with Gasteiger partial charge in [-0.3, -0.25) is 0 Å². The van der Waals surface area contributed by atoms with Gasteiger partial charge in [-0.05, 0) is 32.1 Å². The van der Waals surface area contributed by atoms with Crippen LogP contribution in [-0.4, -0.2) is 35.1 Å². The van der Waals surface area contributed by atoms with Crippen LogP contribution in [0.3, 0.4) is 0 Å². The molecular formula is C10H20O3. The minimum Gasteiger partial charge on any atom is -0.390 e. The van der Waals surface area contributed by atoms with E-state index in [9.17, 15) is 10.2 Å². The average molecular weight is 188 g/mol. The summed E-state index contributed by atoms with van der Waals surface area (Å²) in [4.78, 5) is 0. The molecule has 1 rings (SSSR count). The fourth-order valence-corrected chi connectivity index (χ4v) is 1.75. The van der Waals surface area contributed by atoms with Gasteiger partial charge in [0.25, 0.3) is 0 Å². The van der Waals surface area contributed by atoms with E-state index in [1.165, 1.54) is 0 Å². The zero-order valence-corrected chi connectivity index (χ0v) is 8.49. The van der Waals surface area contributed by atoms with Crippen molar-refractivity contribution in [2.24, 2.45) is 5.92 Å². The smallest absolute Gasteiger partial charge is 0.0877 e. The number of aliphatic hydroxyl groups is 2. The molecule has 1 fully saturated rings. The molecule has 2 atom stereocenters. The highest BCUT2D eigenvalue weighted by molar-refractivity contribution is 4.86. The minimum absolute atomic E-state index is 0.198. The predicted molar refractivity (Wildman–Crippen MR) is 50.5 cm³/mol. The Bertz CT molecular complexity index is 150. The molecule has 0 aromatic carbocycles. The molecule has 2 unspecified atom stereocenters. The summed E-state index contributed by atoms with van der Waals surface area (Å²) >= 11 is 0. The SMILES string of the molecule is CCC(C)(O)C(O)C1CCOCC1. The maximum absolute atomic E-state index is 9.90. The molecule has 0 aliphatic carbocycles. The van der Waals surface area contributed by atoms with Gasteiger partial charge in [0.15, 0.2) is 0 Å². The molecule has 0 aromatic rings. The van der Waals surface area contributed by atoms with Crippen LogP contribution in [0.15, 0.2) is 0 Å². The van der Waals surface area contributed by atoms with Gasteiger partial charge >= 0.3 is 0 Å². The Morgan fingerprint density at radius 1 is 1.46 bits per heavy atom. The van der Waals surface area contributed by atoms with Crippen LogP contribution in [0.1, 0.15) is 33.1 Å². The van der Waals surface area contributed by atoms with E-state index in [1.807, 2.05) is 6.92 Å². The highest BCUT2D eigenvalue weighted by Gasteiger charge is 2.35. The molecule has 0 bridgehead atoms. The molecular weight excluding hydrogens is 168 g/mol. The van der Waals surface area contributed by atoms with Crippen molar-refractivity contribution in [2.75, 3.05) is 13.2 Å². The van der Waals surface area contributed by atoms with Crippen LogP contribution >= 0.6 is 0 Å². The topological polar surface area (TPSA) is 49.7 Å². The first kappa shape index (κ1) is 11.0. The van der Waals surface area contributed by atoms with Crippen molar-refractivity contribution in [1.82, 2.24) is 0 Å². The third-order valence-corrected chi connectivity index (χ3v) is 3.07. The van der Waals surface area contributed by atoms with E-state index in [1.54, 1.807) is 6.92 Å². The van der Waals surface area contributed by atoms with Gasteiger partial charge in [-0.15, -0.1) is 0 Å². The van der Waals surface area contributed by atoms with E-state index in [-0.39, 0.29) is 5.92 Å². The van der Waals surface area contributed by atoms with Crippen molar-refractivity contribution in [2.45, 2.75) is 44.8 Å². The summed E-state index contributed by atoms with van der Waals surface area (Å²) < 4.78 is 5.20. The number of ether oxygens (including phenoxy) is 1. The Kier molecular flexibility index (Phi) is 3.71. The monoisotopic (exact) mass is 188 g/mol. The Hall–Kier alpha value is -0.120. The third kappa shape index (κ3) is 2.66. The summed E-state index contributed by atoms with van der Waals surface area (Å²) in [7, 11) is 0. The lowest BCUT2D eigenvalue weighted by molar-refractivity contribution is -0.109. The normalized spacial score (nSPS) is 26.8. The molecule has 0 saturated carbocycles. The molecule has 0 spiro atoms. The molecule has 2 N–H and O–H groups in total. The quantitative estimate of drug-likeness (QED) is 0.693. The van der Waals surface area contributed by atoms with Gasteiger partial charge in [0.05, 0.1) is 11.7 Å². The third-order valence-electron chi connectivity index (χ3n) is 3.07. The van der Waals surface area contributed by atoms with Crippen molar-refractivity contribution >= 4 is 0 Å². The molecule has 1 saturated heterocycles. The molecule has 3 nitrogen and oxygen atoms in total. The molecule has 1 aliphatic rings. The Labute approximate surface area is 79.7 Å². The van der Waals surface area contributed by atoms with Gasteiger partial charge in [0, 0.05) is 13.2 Å². The molecule has 0 aromatic heterocycles. The zero-order chi connectivity index (χ0) is 9.90. The Balaban J connectivity index is 2.49. The van der Waals surface area contributed by atoms with Crippen LogP contribution in [0.4, 0.5) is 0 Å². The molecule has 1 aliphatic heterocycles. The van der Waals surface area contributed by atoms with Crippen LogP contribution in [0.2, 0.25) is 0 Å². The lowest BCUT2D eigenvalue weighted by Gasteiger charge is -2.35. The summed E-state index contributed by atoms with van der Waals surface area (Å²) in [5, 5.41) is 19.7. The maximum Gasteiger partial charge on any atom is 0.0877 e. The summed E-state index contributed by atoms with van der Waals surface area (Å²) in [5.74, 6) is 0.198. The molecule has 13 heavy (non-hydrogen) atoms. The van der Waals surface area contributed by atoms with E-state index < -0.39 is 11.7 Å². The maximum atomic E-state index is 9.90. The lowest BCUT2D eigenvalue weighted by atomic mass is 9.82. The molecule has 3 heteroatoms. The van der Waals surface area contributed by atoms with Gasteiger partial charge in [0.2, 0.25) is 0 Å². The van der Waals surface area contributed by atoms with Gasteiger partial charge in [0.1, 0.15) is 0 Å². The van der Waals surface area contributed by atoms with Gasteiger partial charge in [-0.1, -0.05) is 6.92 Å². The Morgan fingerprint density at radius 2 is 2.00 bits per heavy atom. The summed E-state index contributed by atoms with van der Waals surface area (Å²) in [6.45, 7) is 5.01. The highest BCUT2D eigenvalue weighted by atomic mass is 16.5. The zero-order valence-electron chi connectivity index (χ0n) is 8.49. The van der Waals surface area contributed by atoms with Crippen molar-refractivity contribution in [3.63, 3.8) is 0 Å². The van der Waals surface area contributed by atoms with Crippen molar-refractivity contribution < 1.29 is 14.9 Å². The number of rotatable bonds is 3. The Morgan fingerprint density at radius 3 is 2.46 bits per heavy atom. The molecule has 0 radical (unpaired) electrons. The van der Waals surface area contributed by atoms with E-state index in [0.29, 0.717) is 19.6 Å². The highest BCUT2D eigenvalue weighted by Crippen LogP contribution is 2.27. The van der Waals surface area contributed by atoms with Crippen molar-refractivity contribution in [3.8, 4) is 0 Å². The standard InChI is InChI=1S/C10H20O3/c1-3-10(2,12)9(11)8-4-6-13-7-5-8/h8-9,11-12H,3-7H2,1-2H3. The molecule has 1 heterocycles. The fourth-order valence-electron chi connectivity index (χ4n) is 1.75. The summed E-state index contributed by atoms with van der Waals surface area (Å²) in [6, 6.07) is 0. The fraction of sp³-hybridized carbons (Fsp3) is 1.00. The largest absolute Gasteiger partial charge is 0.390 e. The number of hydrogen-bond donors (Lipinski definition) is 2. The first-order valence-corrected chi connectivity index (χ1v) is 5.06. The minimum atomic E-state index is -0.942. The van der Waals surface area contributed by atoms with E-state index >= 15 is 0 Å². The van der Waals surface area contributed by atoms with Crippen LogP contribution in [0.5, 0.6) is 0 Å². The van der Waals surface area contributed by atoms with Crippen LogP contribution in [0, 0.1) is 5.92 Å². The molecule has 0 amide bonds. The van der Waals surface area contributed by atoms with Crippen LogP contribution in [0.25, 0.3) is 0 Å². The van der Waals surface area contributed by atoms with E-state index in [2.05, 4.69) is 0 Å². The van der Waals surface area contributed by atoms with Crippen LogP contribution in [-0.2, 0) is 4.74 Å². The first-order chi connectivity index (χ1) is 6.08. The van der Waals surface area contributed by atoms with Gasteiger partial charge < -0.3 is 14.9 Å². The van der Waals surface area contributed by atoms with Crippen molar-refractivity contribution in [3.05, 3.63) is 0 Å². The van der Waals surface area contributed by atoms with Crippen molar-refractivity contribution in [1.29, 1.82) is 0 Å². The predicted octanol–water partition coefficient (Wildman–Crippen LogP) is 0.935. The van der Waals surface area contributed by atoms with Gasteiger partial charge in [-0.25, -0.2) is 0 Å². The second kappa shape index (κ2) is 4.40. The van der Waals surface area contributed by atoms with E-state index in [4.69, 9.17) is 4.74 Å². The summed E-state index contributed by atoms with van der Waals surface area (Å²) in [6.07, 6.45) is 1.70. The van der Waals surface area contributed by atoms with Gasteiger partial charge in [-0.2, -0.15) is 0 Å². The number of aliphatic hydroxyl groups excluding tert-OH is 1. The second-order valence-corrected chi connectivity index (χ2v) is 4.11. The van der Waals surface area contributed by atoms with E-state index in [0.717, 1.165) is 12.8 Å². The second-order valence-electron chi connectivity index (χ2n) is 4.11. The summed E-state index contributed by atoms with van der Waals surface area (Å²) in [5.41, 5.74) is -0.942. The number of hydrogen-bond acceptors (Lipinski definition) is 3.